The van der Waals surface area contributed by atoms with E-state index < -0.39 is 109 Å². The smallest absolute Gasteiger partial charge is 0.410 e. The van der Waals surface area contributed by atoms with Crippen LogP contribution in [0.3, 0.4) is 0 Å². The molecule has 1 aliphatic rings. The Hall–Kier alpha value is -7.42. The van der Waals surface area contributed by atoms with E-state index in [2.05, 4.69) is 21.4 Å². The first-order valence-corrected chi connectivity index (χ1v) is 24.1. The number of halogens is 1. The summed E-state index contributed by atoms with van der Waals surface area (Å²) in [4.78, 5) is 99.2. The van der Waals surface area contributed by atoms with Crippen LogP contribution in [0.4, 0.5) is 18.8 Å². The fourth-order valence-corrected chi connectivity index (χ4v) is 7.85. The standard InChI is InChI=1S/C53H67FN8O11/c1-35(2)47(58-52(68)71-33-38-15-9-6-10-16-38)49(65)45(46(55)40-19-13-8-14-20-40)42(73-44(64)32-60(5)53(69)72-34-39-17-11-7-12-18-39)31-62(30-37-21-23-41(54)24-22-37)59-50(66)48(36(3)4)57-43(63)29-56-51(67)61-25-27-70-28-26-61/h6-24,35-36,42,45-48H,25-34,55H2,1-5H3,(H,56,67)(H,57,63)(H,58,68)(H,59,66)/t42?,45?,46?,47-,48-/m0/s1. The van der Waals surface area contributed by atoms with Crippen molar-refractivity contribution in [2.24, 2.45) is 23.5 Å². The molecule has 5 atom stereocenters. The lowest BCUT2D eigenvalue weighted by Crippen LogP contribution is -2.59. The molecule has 1 saturated heterocycles. The van der Waals surface area contributed by atoms with Gasteiger partial charge in [0.05, 0.1) is 38.3 Å². The van der Waals surface area contributed by atoms with Gasteiger partial charge < -0.3 is 50.4 Å². The van der Waals surface area contributed by atoms with Gasteiger partial charge in [0.1, 0.15) is 37.7 Å². The molecule has 0 saturated carbocycles. The van der Waals surface area contributed by atoms with E-state index >= 15 is 4.79 Å². The lowest BCUT2D eigenvalue weighted by Gasteiger charge is -2.37. The van der Waals surface area contributed by atoms with Crippen molar-refractivity contribution >= 4 is 41.8 Å². The Labute approximate surface area is 425 Å². The molecular formula is C53H67FN8O11. The maximum atomic E-state index is 15.4. The van der Waals surface area contributed by atoms with E-state index in [0.717, 1.165) is 4.90 Å². The van der Waals surface area contributed by atoms with Gasteiger partial charge in [-0.2, -0.15) is 0 Å². The Morgan fingerprint density at radius 3 is 1.86 bits per heavy atom. The lowest BCUT2D eigenvalue weighted by molar-refractivity contribution is -0.158. The summed E-state index contributed by atoms with van der Waals surface area (Å²) >= 11 is 0. The fourth-order valence-electron chi connectivity index (χ4n) is 7.85. The van der Waals surface area contributed by atoms with E-state index in [1.54, 1.807) is 107 Å². The minimum absolute atomic E-state index is 0.0828. The number of amides is 6. The van der Waals surface area contributed by atoms with Gasteiger partial charge in [-0.25, -0.2) is 23.8 Å². The summed E-state index contributed by atoms with van der Waals surface area (Å²) in [6, 6.07) is 27.6. The van der Waals surface area contributed by atoms with Crippen LogP contribution in [0, 0.1) is 23.6 Å². The highest BCUT2D eigenvalue weighted by Gasteiger charge is 2.43. The molecule has 19 nitrogen and oxygen atoms in total. The zero-order chi connectivity index (χ0) is 52.9. The van der Waals surface area contributed by atoms with Crippen LogP contribution in [0.1, 0.15) is 56.0 Å². The molecule has 1 heterocycles. The summed E-state index contributed by atoms with van der Waals surface area (Å²) < 4.78 is 36.8. The van der Waals surface area contributed by atoms with Crippen molar-refractivity contribution in [2.75, 3.05) is 53.0 Å². The number of rotatable bonds is 24. The quantitative estimate of drug-likeness (QED) is 0.0359. The summed E-state index contributed by atoms with van der Waals surface area (Å²) in [6.07, 6.45) is -3.31. The number of hydrogen-bond donors (Lipinski definition) is 5. The molecule has 1 fully saturated rings. The number of esters is 1. The maximum Gasteiger partial charge on any atom is 0.410 e. The van der Waals surface area contributed by atoms with E-state index in [1.165, 1.54) is 41.2 Å². The van der Waals surface area contributed by atoms with E-state index in [9.17, 15) is 33.2 Å². The number of Topliss-reactive ketones (excluding diaryl/α,β-unsaturated/α-hetero) is 1. The van der Waals surface area contributed by atoms with Gasteiger partial charge in [-0.3, -0.25) is 24.6 Å². The van der Waals surface area contributed by atoms with Gasteiger partial charge in [0.15, 0.2) is 5.78 Å². The van der Waals surface area contributed by atoms with Gasteiger partial charge in [-0.05, 0) is 46.2 Å². The number of ether oxygens (including phenoxy) is 4. The Kier molecular flexibility index (Phi) is 22.1. The molecule has 1 aliphatic heterocycles. The van der Waals surface area contributed by atoms with Gasteiger partial charge in [0.2, 0.25) is 5.91 Å². The Morgan fingerprint density at radius 2 is 1.29 bits per heavy atom. The number of nitrogens with zero attached hydrogens (tertiary/aromatic N) is 3. The first-order chi connectivity index (χ1) is 35.0. The number of urea groups is 1. The summed E-state index contributed by atoms with van der Waals surface area (Å²) in [5, 5.41) is 9.30. The third-order valence-corrected chi connectivity index (χ3v) is 11.8. The predicted molar refractivity (Wildman–Crippen MR) is 267 cm³/mol. The first-order valence-electron chi connectivity index (χ1n) is 24.1. The molecular weight excluding hydrogens is 944 g/mol. The number of carbonyl (C=O) groups excluding carboxylic acids is 7. The third-order valence-electron chi connectivity index (χ3n) is 11.8. The van der Waals surface area contributed by atoms with E-state index in [1.807, 2.05) is 12.1 Å². The zero-order valence-corrected chi connectivity index (χ0v) is 41.9. The monoisotopic (exact) mass is 1010 g/mol. The molecule has 0 spiro atoms. The second-order valence-electron chi connectivity index (χ2n) is 18.2. The molecule has 3 unspecified atom stereocenters. The van der Waals surface area contributed by atoms with Crippen LogP contribution in [0.5, 0.6) is 0 Å². The molecule has 73 heavy (non-hydrogen) atoms. The van der Waals surface area contributed by atoms with Crippen molar-refractivity contribution in [1.29, 1.82) is 0 Å². The Balaban J connectivity index is 1.49. The SMILES string of the molecule is CC(C)[C@H](NC(=O)CNC(=O)N1CCOCC1)C(=O)NN(Cc1ccc(F)cc1)CC(OC(=O)CN(C)C(=O)OCc1ccccc1)C(C(=O)[C@@H](NC(=O)OCc1ccccc1)C(C)C)C(N)c1ccccc1. The second-order valence-corrected chi connectivity index (χ2v) is 18.2. The molecule has 0 radical (unpaired) electrons. The van der Waals surface area contributed by atoms with Crippen molar-refractivity contribution in [2.45, 2.75) is 71.7 Å². The summed E-state index contributed by atoms with van der Waals surface area (Å²) in [5.74, 6) is -6.14. The van der Waals surface area contributed by atoms with Crippen LogP contribution in [-0.2, 0) is 57.9 Å². The van der Waals surface area contributed by atoms with Crippen molar-refractivity contribution in [1.82, 2.24) is 36.2 Å². The normalized spacial score (nSPS) is 14.5. The van der Waals surface area contributed by atoms with Crippen LogP contribution in [0.25, 0.3) is 0 Å². The zero-order valence-electron chi connectivity index (χ0n) is 41.9. The van der Waals surface area contributed by atoms with Crippen LogP contribution in [-0.4, -0.2) is 128 Å². The average Bonchev–Trinajstić information content (AvgIpc) is 3.38. The summed E-state index contributed by atoms with van der Waals surface area (Å²) in [5.41, 5.74) is 12.2. The number of hydrazine groups is 1. The second kappa shape index (κ2) is 28.6. The molecule has 5 rings (SSSR count). The molecule has 0 bridgehead atoms. The largest absolute Gasteiger partial charge is 0.459 e. The number of alkyl carbamates (subject to hydrolysis) is 1. The van der Waals surface area contributed by atoms with Crippen LogP contribution >= 0.6 is 0 Å². The molecule has 0 aromatic heterocycles. The highest BCUT2D eigenvalue weighted by Crippen LogP contribution is 2.29. The molecule has 4 aromatic rings. The predicted octanol–water partition coefficient (Wildman–Crippen LogP) is 4.86. The van der Waals surface area contributed by atoms with Gasteiger partial charge in [-0.15, -0.1) is 0 Å². The molecule has 4 aromatic carbocycles. The number of likely N-dealkylation sites (N-methyl/N-ethyl adjacent to an activating group) is 1. The number of ketones is 1. The van der Waals surface area contributed by atoms with Crippen molar-refractivity contribution < 1.29 is 56.9 Å². The van der Waals surface area contributed by atoms with Gasteiger partial charge >= 0.3 is 24.2 Å². The van der Waals surface area contributed by atoms with E-state index in [0.29, 0.717) is 48.6 Å². The molecule has 392 valence electrons. The Bertz CT molecular complexity index is 2410. The number of carbonyl (C=O) groups is 7. The van der Waals surface area contributed by atoms with Crippen LogP contribution in [0.15, 0.2) is 115 Å². The number of hydrogen-bond acceptors (Lipinski definition) is 13. The Morgan fingerprint density at radius 1 is 0.726 bits per heavy atom. The number of nitrogens with one attached hydrogen (secondary N) is 4. The maximum absolute atomic E-state index is 15.4. The number of morpholine rings is 1. The van der Waals surface area contributed by atoms with Gasteiger partial charge in [0.25, 0.3) is 5.91 Å². The highest BCUT2D eigenvalue weighted by molar-refractivity contribution is 5.91. The number of nitrogens with two attached hydrogens (primary N) is 1. The molecule has 6 N–H and O–H groups in total. The van der Waals surface area contributed by atoms with E-state index in [4.69, 9.17) is 24.7 Å². The third kappa shape index (κ3) is 18.3. The highest BCUT2D eigenvalue weighted by atomic mass is 19.1. The van der Waals surface area contributed by atoms with Crippen molar-refractivity contribution in [3.05, 3.63) is 143 Å². The van der Waals surface area contributed by atoms with E-state index in [-0.39, 0.29) is 19.8 Å². The van der Waals surface area contributed by atoms with Crippen molar-refractivity contribution in [3.8, 4) is 0 Å². The number of benzene rings is 4. The summed E-state index contributed by atoms with van der Waals surface area (Å²) in [7, 11) is 1.33. The molecule has 0 aliphatic carbocycles. The van der Waals surface area contributed by atoms with Gasteiger partial charge in [0, 0.05) is 32.7 Å². The summed E-state index contributed by atoms with van der Waals surface area (Å²) in [6.45, 7) is 6.31. The van der Waals surface area contributed by atoms with Gasteiger partial charge in [-0.1, -0.05) is 131 Å². The average molecular weight is 1010 g/mol. The topological polar surface area (TPSA) is 240 Å². The minimum Gasteiger partial charge on any atom is -0.459 e. The lowest BCUT2D eigenvalue weighted by atomic mass is 9.80. The molecule has 6 amide bonds. The first kappa shape index (κ1) is 56.5. The van der Waals surface area contributed by atoms with Crippen LogP contribution < -0.4 is 27.1 Å². The molecule has 20 heteroatoms. The van der Waals surface area contributed by atoms with Crippen molar-refractivity contribution in [3.63, 3.8) is 0 Å². The minimum atomic E-state index is -1.56. The van der Waals surface area contributed by atoms with Crippen LogP contribution in [0.2, 0.25) is 0 Å². The fraction of sp³-hybridized carbons (Fsp3) is 0.415.